The Balaban J connectivity index is 2.76. The van der Waals surface area contributed by atoms with Crippen LogP contribution in [0.1, 0.15) is 46.2 Å². The van der Waals surface area contributed by atoms with E-state index in [0.717, 1.165) is 10.1 Å². The van der Waals surface area contributed by atoms with E-state index in [1.165, 1.54) is 25.6 Å². The molecule has 1 aromatic heterocycles. The van der Waals surface area contributed by atoms with Gasteiger partial charge in [0.15, 0.2) is 0 Å². The Morgan fingerprint density at radius 1 is 1.10 bits per heavy atom. The van der Waals surface area contributed by atoms with Crippen molar-refractivity contribution < 1.29 is 14.7 Å². The van der Waals surface area contributed by atoms with Gasteiger partial charge in [-0.3, -0.25) is 23.5 Å². The normalized spacial score (nSPS) is 15.8. The Morgan fingerprint density at radius 2 is 1.69 bits per heavy atom. The fraction of sp³-hybridized carbons (Fsp3) is 0.429. The molecule has 0 saturated heterocycles. The third-order valence-electron chi connectivity index (χ3n) is 5.15. The average Bonchev–Trinajstić information content (AvgIpc) is 2.65. The number of carbonyl (C=O) groups is 2. The van der Waals surface area contributed by atoms with Crippen molar-refractivity contribution in [2.24, 2.45) is 20.0 Å². The molecule has 0 amide bonds. The molecular formula is C21H25IN2O5. The predicted molar refractivity (Wildman–Crippen MR) is 120 cm³/mol. The van der Waals surface area contributed by atoms with Crippen LogP contribution in [0, 0.1) is 9.49 Å². The Kier molecular flexibility index (Phi) is 6.87. The number of aliphatic hydroxyl groups excluding tert-OH is 1. The number of aliphatic hydroxyl groups is 1. The lowest BCUT2D eigenvalue weighted by Gasteiger charge is -2.25. The molecule has 0 unspecified atom stereocenters. The number of aromatic nitrogens is 2. The monoisotopic (exact) mass is 512 g/mol. The van der Waals surface area contributed by atoms with Crippen LogP contribution in [0.25, 0.3) is 5.57 Å². The molecule has 0 aliphatic heterocycles. The molecule has 1 aliphatic rings. The molecule has 0 bridgehead atoms. The van der Waals surface area contributed by atoms with Crippen molar-refractivity contribution in [1.29, 1.82) is 0 Å². The van der Waals surface area contributed by atoms with Gasteiger partial charge in [-0.2, -0.15) is 0 Å². The molecule has 1 aliphatic carbocycles. The van der Waals surface area contributed by atoms with Gasteiger partial charge in [0, 0.05) is 30.8 Å². The second kappa shape index (κ2) is 8.64. The molecule has 8 heteroatoms. The zero-order valence-corrected chi connectivity index (χ0v) is 19.6. The van der Waals surface area contributed by atoms with Crippen molar-refractivity contribution in [3.8, 4) is 0 Å². The van der Waals surface area contributed by atoms with E-state index in [1.54, 1.807) is 29.5 Å². The van der Waals surface area contributed by atoms with Gasteiger partial charge in [-0.05, 0) is 62.1 Å². The van der Waals surface area contributed by atoms with Gasteiger partial charge in [0.05, 0.1) is 5.69 Å². The van der Waals surface area contributed by atoms with Crippen LogP contribution >= 0.6 is 22.6 Å². The number of ketones is 2. The first-order chi connectivity index (χ1) is 13.4. The number of hydrogen-bond donors (Lipinski definition) is 1. The molecule has 0 radical (unpaired) electrons. The van der Waals surface area contributed by atoms with Gasteiger partial charge in [0.2, 0.25) is 11.6 Å². The average molecular weight is 512 g/mol. The maximum absolute atomic E-state index is 12.7. The third-order valence-corrected chi connectivity index (χ3v) is 6.12. The second-order valence-electron chi connectivity index (χ2n) is 7.55. The minimum Gasteiger partial charge on any atom is -0.507 e. The summed E-state index contributed by atoms with van der Waals surface area (Å²) < 4.78 is 2.36. The number of carbonyl (C=O) groups excluding carboxylic acids is 2. The van der Waals surface area contributed by atoms with Crippen LogP contribution in [-0.4, -0.2) is 25.8 Å². The highest BCUT2D eigenvalue weighted by atomic mass is 127. The maximum atomic E-state index is 12.7. The molecule has 0 spiro atoms. The molecule has 0 aromatic carbocycles. The number of hydrogen-bond acceptors (Lipinski definition) is 5. The van der Waals surface area contributed by atoms with Gasteiger partial charge in [-0.15, -0.1) is 0 Å². The molecule has 1 aromatic rings. The number of rotatable bonds is 5. The lowest BCUT2D eigenvalue weighted by Crippen LogP contribution is -2.41. The van der Waals surface area contributed by atoms with E-state index < -0.39 is 22.8 Å². The third kappa shape index (κ3) is 4.08. The number of halogens is 1. The SMILES string of the molecule is CC(C)=CCC[C@@H](C)C1=C(O)C(c2c(I)c(=O)n(C)c(=O)n2C)=C(C)C(=O)C1=O. The Bertz CT molecular complexity index is 1070. The van der Waals surface area contributed by atoms with Crippen LogP contribution in [0.15, 0.2) is 38.1 Å². The van der Waals surface area contributed by atoms with E-state index in [-0.39, 0.29) is 37.7 Å². The van der Waals surface area contributed by atoms with Crippen molar-refractivity contribution >= 4 is 39.7 Å². The van der Waals surface area contributed by atoms with Crippen LogP contribution in [0.2, 0.25) is 0 Å². The minimum absolute atomic E-state index is 0.0221. The van der Waals surface area contributed by atoms with E-state index in [0.29, 0.717) is 12.8 Å². The topological polar surface area (TPSA) is 98.4 Å². The van der Waals surface area contributed by atoms with E-state index in [2.05, 4.69) is 0 Å². The number of Topliss-reactive ketones (excluding diaryl/α,β-unsaturated/α-hetero) is 2. The van der Waals surface area contributed by atoms with Gasteiger partial charge in [-0.25, -0.2) is 4.79 Å². The second-order valence-corrected chi connectivity index (χ2v) is 8.63. The van der Waals surface area contributed by atoms with Crippen LogP contribution in [0.4, 0.5) is 0 Å². The first-order valence-corrected chi connectivity index (χ1v) is 10.3. The van der Waals surface area contributed by atoms with Gasteiger partial charge >= 0.3 is 5.69 Å². The van der Waals surface area contributed by atoms with Crippen molar-refractivity contribution in [3.63, 3.8) is 0 Å². The lowest BCUT2D eigenvalue weighted by molar-refractivity contribution is -0.132. The highest BCUT2D eigenvalue weighted by Gasteiger charge is 2.37. The maximum Gasteiger partial charge on any atom is 0.330 e. The standard InChI is InChI=1S/C21H25IN2O5/c1-10(2)8-7-9-11(3)13-18(26)14(12(4)17(25)19(13)27)16-15(22)20(28)24(6)21(29)23(16)5/h8,11,26H,7,9H2,1-6H3/t11-/m1/s1. The van der Waals surface area contributed by atoms with Crippen LogP contribution in [0.5, 0.6) is 0 Å². The quantitative estimate of drug-likeness (QED) is 0.283. The molecule has 7 nitrogen and oxygen atoms in total. The Labute approximate surface area is 182 Å². The van der Waals surface area contributed by atoms with E-state index in [4.69, 9.17) is 0 Å². The van der Waals surface area contributed by atoms with Crippen LogP contribution < -0.4 is 11.2 Å². The largest absolute Gasteiger partial charge is 0.507 e. The molecule has 1 heterocycles. The Hall–Kier alpha value is -2.23. The smallest absolute Gasteiger partial charge is 0.330 e. The van der Waals surface area contributed by atoms with Crippen LogP contribution in [0.3, 0.4) is 0 Å². The van der Waals surface area contributed by atoms with Crippen molar-refractivity contribution in [2.75, 3.05) is 0 Å². The summed E-state index contributed by atoms with van der Waals surface area (Å²) in [5, 5.41) is 11.0. The fourth-order valence-electron chi connectivity index (χ4n) is 3.42. The van der Waals surface area contributed by atoms with Crippen molar-refractivity contribution in [1.82, 2.24) is 9.13 Å². The molecule has 0 saturated carbocycles. The molecule has 29 heavy (non-hydrogen) atoms. The summed E-state index contributed by atoms with van der Waals surface area (Å²) in [7, 11) is 2.82. The van der Waals surface area contributed by atoms with Gasteiger partial charge < -0.3 is 5.11 Å². The summed E-state index contributed by atoms with van der Waals surface area (Å²) in [6.07, 6.45) is 3.29. The highest BCUT2D eigenvalue weighted by Crippen LogP contribution is 2.36. The zero-order valence-electron chi connectivity index (χ0n) is 17.4. The summed E-state index contributed by atoms with van der Waals surface area (Å²) in [6, 6.07) is 0. The predicted octanol–water partition coefficient (Wildman–Crippen LogP) is 2.81. The minimum atomic E-state index is -0.739. The van der Waals surface area contributed by atoms with E-state index in [9.17, 15) is 24.3 Å². The zero-order chi connectivity index (χ0) is 22.2. The van der Waals surface area contributed by atoms with Crippen molar-refractivity contribution in [3.05, 3.63) is 58.7 Å². The molecule has 2 rings (SSSR count). The number of nitrogens with zero attached hydrogens (tertiary/aromatic N) is 2. The number of allylic oxidation sites excluding steroid dienone is 5. The van der Waals surface area contributed by atoms with Gasteiger partial charge in [0.1, 0.15) is 9.33 Å². The summed E-state index contributed by atoms with van der Waals surface area (Å²) in [5.41, 5.74) is 0.294. The highest BCUT2D eigenvalue weighted by molar-refractivity contribution is 14.1. The Morgan fingerprint density at radius 3 is 2.24 bits per heavy atom. The lowest BCUT2D eigenvalue weighted by atomic mass is 9.81. The molecule has 1 atom stereocenters. The summed E-state index contributed by atoms with van der Waals surface area (Å²) in [5.74, 6) is -2.17. The van der Waals surface area contributed by atoms with Gasteiger partial charge in [0.25, 0.3) is 5.56 Å². The van der Waals surface area contributed by atoms with E-state index in [1.807, 2.05) is 19.9 Å². The molecule has 156 valence electrons. The van der Waals surface area contributed by atoms with E-state index >= 15 is 0 Å². The molecule has 1 N–H and O–H groups in total. The summed E-state index contributed by atoms with van der Waals surface area (Å²) in [6.45, 7) is 7.15. The first-order valence-electron chi connectivity index (χ1n) is 9.24. The van der Waals surface area contributed by atoms with Crippen molar-refractivity contribution in [2.45, 2.75) is 40.5 Å². The fourth-order valence-corrected chi connectivity index (χ4v) is 4.41. The van der Waals surface area contributed by atoms with Gasteiger partial charge in [-0.1, -0.05) is 18.6 Å². The first kappa shape index (κ1) is 23.1. The summed E-state index contributed by atoms with van der Waals surface area (Å²) >= 11 is 1.80. The molecular weight excluding hydrogens is 487 g/mol. The molecule has 0 fully saturated rings. The van der Waals surface area contributed by atoms with Crippen LogP contribution in [-0.2, 0) is 23.7 Å². The summed E-state index contributed by atoms with van der Waals surface area (Å²) in [4.78, 5) is 50.2.